The standard InChI is InChI=1S/C25H33NO5/c1-17-21(22(29-3)18(2)24(31-5)23(17)30-4)15-20(25(27)28)13-9-7-6-8-11-19-12-10-14-26-16-19/h10,12,14-16H,6-9,11,13H2,1-5H3,(H,27,28)/b20-15+. The molecule has 0 bridgehead atoms. The van der Waals surface area contributed by atoms with Crippen LogP contribution in [0.2, 0.25) is 0 Å². The van der Waals surface area contributed by atoms with Crippen LogP contribution in [0.25, 0.3) is 6.08 Å². The largest absolute Gasteiger partial charge is 0.496 e. The third kappa shape index (κ3) is 6.23. The molecule has 2 aromatic rings. The number of hydrogen-bond acceptors (Lipinski definition) is 5. The molecular weight excluding hydrogens is 394 g/mol. The van der Waals surface area contributed by atoms with Crippen LogP contribution in [0, 0.1) is 13.8 Å². The number of carboxylic acid groups (broad SMARTS) is 1. The van der Waals surface area contributed by atoms with Crippen LogP contribution in [0.1, 0.15) is 54.4 Å². The van der Waals surface area contributed by atoms with E-state index in [-0.39, 0.29) is 0 Å². The monoisotopic (exact) mass is 427 g/mol. The van der Waals surface area contributed by atoms with Gasteiger partial charge in [0.05, 0.1) is 21.3 Å². The lowest BCUT2D eigenvalue weighted by Gasteiger charge is -2.20. The van der Waals surface area contributed by atoms with E-state index >= 15 is 0 Å². The average molecular weight is 428 g/mol. The van der Waals surface area contributed by atoms with Crippen molar-refractivity contribution in [3.05, 3.63) is 52.4 Å². The highest BCUT2D eigenvalue weighted by atomic mass is 16.5. The Labute approximate surface area is 184 Å². The Morgan fingerprint density at radius 1 is 0.968 bits per heavy atom. The molecule has 31 heavy (non-hydrogen) atoms. The second-order valence-electron chi connectivity index (χ2n) is 7.51. The number of rotatable bonds is 12. The van der Waals surface area contributed by atoms with Gasteiger partial charge in [0.1, 0.15) is 5.75 Å². The van der Waals surface area contributed by atoms with Crippen molar-refractivity contribution in [3.63, 3.8) is 0 Å². The number of carboxylic acids is 1. The van der Waals surface area contributed by atoms with Gasteiger partial charge in [-0.05, 0) is 57.2 Å². The molecule has 0 aliphatic heterocycles. The van der Waals surface area contributed by atoms with Crippen LogP contribution in [-0.4, -0.2) is 37.4 Å². The van der Waals surface area contributed by atoms with Gasteiger partial charge in [0, 0.05) is 34.7 Å². The van der Waals surface area contributed by atoms with Crippen LogP contribution in [0.4, 0.5) is 0 Å². The zero-order chi connectivity index (χ0) is 22.8. The minimum absolute atomic E-state index is 0.361. The van der Waals surface area contributed by atoms with Crippen molar-refractivity contribution in [1.29, 1.82) is 0 Å². The fourth-order valence-corrected chi connectivity index (χ4v) is 3.83. The summed E-state index contributed by atoms with van der Waals surface area (Å²) in [5.74, 6) is 0.876. The summed E-state index contributed by atoms with van der Waals surface area (Å²) in [6.07, 6.45) is 10.8. The van der Waals surface area contributed by atoms with Crippen LogP contribution in [0.15, 0.2) is 30.1 Å². The molecule has 0 saturated heterocycles. The zero-order valence-electron chi connectivity index (χ0n) is 19.2. The first-order valence-corrected chi connectivity index (χ1v) is 10.6. The number of pyridine rings is 1. The summed E-state index contributed by atoms with van der Waals surface area (Å²) in [5, 5.41) is 9.77. The van der Waals surface area contributed by atoms with Crippen LogP contribution < -0.4 is 14.2 Å². The number of aryl methyl sites for hydroxylation is 1. The number of ether oxygens (including phenoxy) is 3. The highest BCUT2D eigenvalue weighted by Gasteiger charge is 2.22. The van der Waals surface area contributed by atoms with Gasteiger partial charge in [0.2, 0.25) is 0 Å². The molecule has 0 amide bonds. The van der Waals surface area contributed by atoms with Gasteiger partial charge < -0.3 is 19.3 Å². The molecule has 1 heterocycles. The van der Waals surface area contributed by atoms with E-state index in [0.29, 0.717) is 34.8 Å². The Kier molecular flexibility index (Phi) is 9.38. The van der Waals surface area contributed by atoms with Crippen molar-refractivity contribution in [2.45, 2.75) is 52.4 Å². The smallest absolute Gasteiger partial charge is 0.331 e. The van der Waals surface area contributed by atoms with Gasteiger partial charge in [-0.15, -0.1) is 0 Å². The summed E-state index contributed by atoms with van der Waals surface area (Å²) >= 11 is 0. The molecule has 1 aromatic heterocycles. The van der Waals surface area contributed by atoms with Crippen molar-refractivity contribution in [2.24, 2.45) is 0 Å². The number of hydrogen-bond donors (Lipinski definition) is 1. The van der Waals surface area contributed by atoms with E-state index in [2.05, 4.69) is 11.1 Å². The first-order chi connectivity index (χ1) is 14.9. The van der Waals surface area contributed by atoms with Crippen LogP contribution in [0.3, 0.4) is 0 Å². The van der Waals surface area contributed by atoms with Crippen LogP contribution in [0.5, 0.6) is 17.2 Å². The lowest BCUT2D eigenvalue weighted by atomic mass is 9.96. The van der Waals surface area contributed by atoms with E-state index in [1.165, 1.54) is 5.56 Å². The number of methoxy groups -OCH3 is 3. The normalized spacial score (nSPS) is 11.3. The number of aromatic nitrogens is 1. The molecule has 0 fully saturated rings. The number of carbonyl (C=O) groups is 1. The summed E-state index contributed by atoms with van der Waals surface area (Å²) in [6, 6.07) is 4.03. The fourth-order valence-electron chi connectivity index (χ4n) is 3.83. The minimum Gasteiger partial charge on any atom is -0.496 e. The number of nitrogens with zero attached hydrogens (tertiary/aromatic N) is 1. The van der Waals surface area contributed by atoms with Crippen molar-refractivity contribution in [3.8, 4) is 17.2 Å². The molecule has 0 atom stereocenters. The highest BCUT2D eigenvalue weighted by molar-refractivity contribution is 5.93. The van der Waals surface area contributed by atoms with E-state index in [1.807, 2.05) is 26.1 Å². The molecular formula is C25H33NO5. The molecule has 0 unspecified atom stereocenters. The predicted molar refractivity (Wildman–Crippen MR) is 122 cm³/mol. The van der Waals surface area contributed by atoms with Crippen molar-refractivity contribution >= 4 is 12.0 Å². The minimum atomic E-state index is -0.913. The van der Waals surface area contributed by atoms with Gasteiger partial charge >= 0.3 is 5.97 Å². The second kappa shape index (κ2) is 12.0. The van der Waals surface area contributed by atoms with E-state index in [1.54, 1.807) is 33.6 Å². The number of aliphatic carboxylic acids is 1. The van der Waals surface area contributed by atoms with E-state index in [0.717, 1.165) is 43.2 Å². The summed E-state index contributed by atoms with van der Waals surface area (Å²) < 4.78 is 16.6. The van der Waals surface area contributed by atoms with Gasteiger partial charge in [-0.3, -0.25) is 4.98 Å². The quantitative estimate of drug-likeness (QED) is 0.362. The first kappa shape index (κ1) is 24.3. The maximum Gasteiger partial charge on any atom is 0.331 e. The molecule has 0 aliphatic carbocycles. The molecule has 0 spiro atoms. The Morgan fingerprint density at radius 2 is 1.61 bits per heavy atom. The lowest BCUT2D eigenvalue weighted by Crippen LogP contribution is -2.05. The Balaban J connectivity index is 2.11. The Hall–Kier alpha value is -3.02. The Morgan fingerprint density at radius 3 is 2.19 bits per heavy atom. The van der Waals surface area contributed by atoms with E-state index in [9.17, 15) is 9.90 Å². The summed E-state index contributed by atoms with van der Waals surface area (Å²) in [7, 11) is 4.73. The topological polar surface area (TPSA) is 77.9 Å². The highest BCUT2D eigenvalue weighted by Crippen LogP contribution is 2.44. The zero-order valence-corrected chi connectivity index (χ0v) is 19.2. The van der Waals surface area contributed by atoms with Gasteiger partial charge in [-0.25, -0.2) is 4.79 Å². The summed E-state index contributed by atoms with van der Waals surface area (Å²) in [6.45, 7) is 3.76. The van der Waals surface area contributed by atoms with Gasteiger partial charge in [0.25, 0.3) is 0 Å². The van der Waals surface area contributed by atoms with Crippen LogP contribution in [-0.2, 0) is 11.2 Å². The second-order valence-corrected chi connectivity index (χ2v) is 7.51. The van der Waals surface area contributed by atoms with Gasteiger partial charge in [-0.1, -0.05) is 18.9 Å². The van der Waals surface area contributed by atoms with Crippen molar-refractivity contribution in [2.75, 3.05) is 21.3 Å². The van der Waals surface area contributed by atoms with Gasteiger partial charge in [-0.2, -0.15) is 0 Å². The lowest BCUT2D eigenvalue weighted by molar-refractivity contribution is -0.132. The molecule has 0 saturated carbocycles. The molecule has 1 N–H and O–H groups in total. The van der Waals surface area contributed by atoms with Crippen molar-refractivity contribution in [1.82, 2.24) is 4.98 Å². The SMILES string of the molecule is COc1c(C)c(OC)c(OC)c(C)c1/C=C(\CCCCCCc1cccnc1)C(=O)O. The molecule has 6 heteroatoms. The third-order valence-corrected chi connectivity index (χ3v) is 5.47. The maximum absolute atomic E-state index is 11.9. The van der Waals surface area contributed by atoms with E-state index in [4.69, 9.17) is 14.2 Å². The predicted octanol–water partition coefficient (Wildman–Crippen LogP) is 5.39. The number of benzene rings is 1. The molecule has 168 valence electrons. The van der Waals surface area contributed by atoms with Crippen molar-refractivity contribution < 1.29 is 24.1 Å². The molecule has 6 nitrogen and oxygen atoms in total. The maximum atomic E-state index is 11.9. The van der Waals surface area contributed by atoms with Crippen LogP contribution >= 0.6 is 0 Å². The first-order valence-electron chi connectivity index (χ1n) is 10.6. The number of unbranched alkanes of at least 4 members (excludes halogenated alkanes) is 3. The van der Waals surface area contributed by atoms with Gasteiger partial charge in [0.15, 0.2) is 11.5 Å². The molecule has 0 radical (unpaired) electrons. The fraction of sp³-hybridized carbons (Fsp3) is 0.440. The van der Waals surface area contributed by atoms with E-state index < -0.39 is 5.97 Å². The molecule has 1 aromatic carbocycles. The molecule has 0 aliphatic rings. The Bertz CT molecular complexity index is 906. The summed E-state index contributed by atoms with van der Waals surface area (Å²) in [5.41, 5.74) is 3.88. The molecule has 2 rings (SSSR count). The third-order valence-electron chi connectivity index (χ3n) is 5.47. The average Bonchev–Trinajstić information content (AvgIpc) is 2.77. The summed E-state index contributed by atoms with van der Waals surface area (Å²) in [4.78, 5) is 16.0.